The molecule has 3 rings (SSSR count). The molecule has 0 unspecified atom stereocenters. The lowest BCUT2D eigenvalue weighted by Gasteiger charge is -2.39. The van der Waals surface area contributed by atoms with Crippen molar-refractivity contribution in [1.82, 2.24) is 0 Å². The fourth-order valence-electron chi connectivity index (χ4n) is 2.02. The third-order valence-corrected chi connectivity index (χ3v) is 2.67. The average molecular weight is 160 g/mol. The first-order valence-electron chi connectivity index (χ1n) is 3.56. The van der Waals surface area contributed by atoms with Gasteiger partial charge in [0, 0.05) is 0 Å². The van der Waals surface area contributed by atoms with Gasteiger partial charge >= 0.3 is 5.97 Å². The molecule has 0 amide bonds. The van der Waals surface area contributed by atoms with Crippen molar-refractivity contribution in [3.63, 3.8) is 0 Å². The van der Waals surface area contributed by atoms with Crippen LogP contribution in [-0.4, -0.2) is 30.0 Å². The van der Waals surface area contributed by atoms with Crippen LogP contribution in [0.15, 0.2) is 0 Å². The van der Waals surface area contributed by atoms with Crippen molar-refractivity contribution in [3.05, 3.63) is 0 Å². The summed E-state index contributed by atoms with van der Waals surface area (Å²) in [6.07, 6.45) is 0.706. The molecule has 1 aliphatic carbocycles. The van der Waals surface area contributed by atoms with Crippen LogP contribution >= 0.6 is 0 Å². The van der Waals surface area contributed by atoms with Gasteiger partial charge in [0.05, 0.1) is 17.6 Å². The quantitative estimate of drug-likeness (QED) is 0.643. The molecule has 3 nitrogen and oxygen atoms in total. The van der Waals surface area contributed by atoms with Crippen molar-refractivity contribution in [2.45, 2.75) is 18.4 Å². The number of carboxylic acid groups (broad SMARTS) is 1. The number of fused-ring (bicyclic) bond motifs is 1. The summed E-state index contributed by atoms with van der Waals surface area (Å²) >= 11 is 0. The van der Waals surface area contributed by atoms with E-state index in [4.69, 9.17) is 9.84 Å². The van der Waals surface area contributed by atoms with Crippen LogP contribution in [0, 0.1) is 5.41 Å². The molecule has 0 aromatic heterocycles. The highest BCUT2D eigenvalue weighted by Crippen LogP contribution is 2.57. The van der Waals surface area contributed by atoms with Crippen molar-refractivity contribution in [1.29, 1.82) is 0 Å². The molecule has 62 valence electrons. The zero-order valence-electron chi connectivity index (χ0n) is 5.97. The van der Waals surface area contributed by atoms with Crippen LogP contribution in [0.25, 0.3) is 0 Å². The number of aliphatic carboxylic acids is 1. The maximum atomic E-state index is 12.2. The van der Waals surface area contributed by atoms with Crippen LogP contribution < -0.4 is 0 Å². The maximum Gasteiger partial charge on any atom is 0.312 e. The van der Waals surface area contributed by atoms with Crippen molar-refractivity contribution < 1.29 is 19.0 Å². The third kappa shape index (κ3) is 0.677. The van der Waals surface area contributed by atoms with E-state index in [9.17, 15) is 9.18 Å². The molecule has 2 bridgehead atoms. The molecule has 0 aromatic carbocycles. The summed E-state index contributed by atoms with van der Waals surface area (Å²) in [6.45, 7) is -0.367. The standard InChI is InChI=1S/C7H9FO3/c8-3-7-1-6(2-7,4-11-7)5(9)10/h1-4H2,(H,9,10). The van der Waals surface area contributed by atoms with Crippen LogP contribution in [0.3, 0.4) is 0 Å². The Kier molecular flexibility index (Phi) is 1.12. The van der Waals surface area contributed by atoms with E-state index in [0.717, 1.165) is 0 Å². The predicted molar refractivity (Wildman–Crippen MR) is 34.0 cm³/mol. The van der Waals surface area contributed by atoms with Gasteiger partial charge in [0.15, 0.2) is 0 Å². The predicted octanol–water partition coefficient (Wildman–Crippen LogP) is 0.590. The Morgan fingerprint density at radius 3 is 2.55 bits per heavy atom. The molecule has 3 aliphatic rings. The Morgan fingerprint density at radius 1 is 1.64 bits per heavy atom. The van der Waals surface area contributed by atoms with Crippen molar-refractivity contribution in [2.75, 3.05) is 13.3 Å². The van der Waals surface area contributed by atoms with Gasteiger partial charge < -0.3 is 9.84 Å². The van der Waals surface area contributed by atoms with E-state index in [1.807, 2.05) is 0 Å². The van der Waals surface area contributed by atoms with Crippen LogP contribution in [0.5, 0.6) is 0 Å². The van der Waals surface area contributed by atoms with E-state index < -0.39 is 23.7 Å². The molecule has 4 heteroatoms. The minimum absolute atomic E-state index is 0.187. The van der Waals surface area contributed by atoms with Crippen molar-refractivity contribution >= 4 is 5.97 Å². The fourth-order valence-corrected chi connectivity index (χ4v) is 2.02. The molecule has 11 heavy (non-hydrogen) atoms. The summed E-state index contributed by atoms with van der Waals surface area (Å²) in [7, 11) is 0. The number of halogens is 1. The van der Waals surface area contributed by atoms with E-state index in [-0.39, 0.29) is 6.61 Å². The number of alkyl halides is 1. The van der Waals surface area contributed by atoms with Crippen molar-refractivity contribution in [3.8, 4) is 0 Å². The Hall–Kier alpha value is -0.640. The largest absolute Gasteiger partial charge is 0.481 e. The molecular formula is C7H9FO3. The number of rotatable bonds is 2. The van der Waals surface area contributed by atoms with Gasteiger partial charge in [-0.15, -0.1) is 0 Å². The number of carbonyl (C=O) groups is 1. The van der Waals surface area contributed by atoms with Crippen LogP contribution in [-0.2, 0) is 9.53 Å². The summed E-state index contributed by atoms with van der Waals surface area (Å²) in [5.74, 6) is -0.848. The molecule has 0 aromatic rings. The zero-order chi connectivity index (χ0) is 8.11. The molecule has 2 aliphatic heterocycles. The molecule has 2 saturated heterocycles. The molecule has 1 N–H and O–H groups in total. The second kappa shape index (κ2) is 1.75. The number of carboxylic acids is 1. The lowest BCUT2D eigenvalue weighted by atomic mass is 9.63. The van der Waals surface area contributed by atoms with Gasteiger partial charge in [-0.1, -0.05) is 0 Å². The SMILES string of the molecule is O=C(O)C12COC(CF)(C1)C2. The van der Waals surface area contributed by atoms with Crippen molar-refractivity contribution in [2.24, 2.45) is 5.41 Å². The topological polar surface area (TPSA) is 46.5 Å². The van der Waals surface area contributed by atoms with E-state index in [2.05, 4.69) is 0 Å². The summed E-state index contributed by atoms with van der Waals surface area (Å²) < 4.78 is 17.3. The average Bonchev–Trinajstić information content (AvgIpc) is 2.39. The number of hydrogen-bond donors (Lipinski definition) is 1. The highest BCUT2D eigenvalue weighted by atomic mass is 19.1. The van der Waals surface area contributed by atoms with Gasteiger partial charge in [-0.2, -0.15) is 0 Å². The van der Waals surface area contributed by atoms with Gasteiger partial charge in [0.2, 0.25) is 0 Å². The minimum atomic E-state index is -0.848. The van der Waals surface area contributed by atoms with E-state index in [0.29, 0.717) is 12.8 Å². The lowest BCUT2D eigenvalue weighted by molar-refractivity contribution is -0.154. The van der Waals surface area contributed by atoms with Gasteiger partial charge in [-0.3, -0.25) is 4.79 Å². The Balaban J connectivity index is 2.14. The first kappa shape index (κ1) is 7.03. The lowest BCUT2D eigenvalue weighted by Crippen LogP contribution is -2.49. The molecule has 0 radical (unpaired) electrons. The van der Waals surface area contributed by atoms with Gasteiger partial charge in [0.25, 0.3) is 0 Å². The smallest absolute Gasteiger partial charge is 0.312 e. The summed E-state index contributed by atoms with van der Waals surface area (Å²) in [5, 5.41) is 8.72. The zero-order valence-corrected chi connectivity index (χ0v) is 5.97. The van der Waals surface area contributed by atoms with Crippen LogP contribution in [0.4, 0.5) is 4.39 Å². The second-order valence-electron chi connectivity index (χ2n) is 3.54. The highest BCUT2D eigenvalue weighted by molar-refractivity contribution is 5.77. The first-order chi connectivity index (χ1) is 5.13. The molecule has 1 saturated carbocycles. The van der Waals surface area contributed by atoms with E-state index in [1.165, 1.54) is 0 Å². The highest BCUT2D eigenvalue weighted by Gasteiger charge is 2.66. The maximum absolute atomic E-state index is 12.2. The van der Waals surface area contributed by atoms with Crippen LogP contribution in [0.2, 0.25) is 0 Å². The molecular weight excluding hydrogens is 151 g/mol. The summed E-state index contributed by atoms with van der Waals surface area (Å²) in [5.41, 5.74) is -1.47. The Labute approximate surface area is 63.2 Å². The molecule has 0 spiro atoms. The normalized spacial score (nSPS) is 47.0. The monoisotopic (exact) mass is 160 g/mol. The summed E-state index contributed by atoms with van der Waals surface area (Å²) in [4.78, 5) is 10.6. The van der Waals surface area contributed by atoms with Gasteiger partial charge in [0.1, 0.15) is 6.67 Å². The van der Waals surface area contributed by atoms with Gasteiger partial charge in [-0.05, 0) is 12.8 Å². The Bertz CT molecular complexity index is 208. The third-order valence-electron chi connectivity index (χ3n) is 2.67. The Morgan fingerprint density at radius 2 is 2.27 bits per heavy atom. The van der Waals surface area contributed by atoms with Gasteiger partial charge in [-0.25, -0.2) is 4.39 Å². The molecule has 2 heterocycles. The number of hydrogen-bond acceptors (Lipinski definition) is 2. The van der Waals surface area contributed by atoms with E-state index >= 15 is 0 Å². The fraction of sp³-hybridized carbons (Fsp3) is 0.857. The second-order valence-corrected chi connectivity index (χ2v) is 3.54. The molecule has 3 fully saturated rings. The van der Waals surface area contributed by atoms with E-state index in [1.54, 1.807) is 0 Å². The summed E-state index contributed by atoms with van der Waals surface area (Å²) in [6, 6.07) is 0. The first-order valence-corrected chi connectivity index (χ1v) is 3.56. The minimum Gasteiger partial charge on any atom is -0.481 e. The van der Waals surface area contributed by atoms with Crippen LogP contribution in [0.1, 0.15) is 12.8 Å². The number of ether oxygens (including phenoxy) is 1. The molecule has 0 atom stereocenters.